The molecule has 0 saturated heterocycles. The molecule has 0 unspecified atom stereocenters. The van der Waals surface area contributed by atoms with E-state index < -0.39 is 0 Å². The smallest absolute Gasteiger partial charge is 0.210 e. The van der Waals surface area contributed by atoms with E-state index in [1.165, 1.54) is 0 Å². The van der Waals surface area contributed by atoms with Crippen molar-refractivity contribution >= 4 is 29.0 Å². The summed E-state index contributed by atoms with van der Waals surface area (Å²) in [5.74, 6) is 1.49. The third kappa shape index (κ3) is 3.66. The van der Waals surface area contributed by atoms with Crippen molar-refractivity contribution in [2.24, 2.45) is 0 Å². The fourth-order valence-corrected chi connectivity index (χ4v) is 3.46. The molecule has 7 nitrogen and oxygen atoms in total. The van der Waals surface area contributed by atoms with Crippen LogP contribution in [0.4, 0.5) is 0 Å². The molecule has 9 heteroatoms. The summed E-state index contributed by atoms with van der Waals surface area (Å²) < 4.78 is 8.87. The molecule has 1 aromatic carbocycles. The van der Waals surface area contributed by atoms with Crippen molar-refractivity contribution in [3.05, 3.63) is 65.1 Å². The van der Waals surface area contributed by atoms with E-state index in [0.29, 0.717) is 17.3 Å². The van der Waals surface area contributed by atoms with Crippen LogP contribution < -0.4 is 4.74 Å². The van der Waals surface area contributed by atoms with Crippen LogP contribution in [-0.2, 0) is 12.3 Å². The van der Waals surface area contributed by atoms with Gasteiger partial charge in [-0.05, 0) is 40.3 Å². The average Bonchev–Trinajstić information content (AvgIpc) is 3.26. The van der Waals surface area contributed by atoms with E-state index in [4.69, 9.17) is 16.3 Å². The Morgan fingerprint density at radius 3 is 2.77 bits per heavy atom. The summed E-state index contributed by atoms with van der Waals surface area (Å²) in [6.45, 7) is 0.597. The first-order valence-corrected chi connectivity index (χ1v) is 9.22. The Kier molecular flexibility index (Phi) is 4.77. The number of thioether (sulfide) groups is 1. The fraction of sp³-hybridized carbons (Fsp3) is 0.176. The molecule has 0 aliphatic heterocycles. The lowest BCUT2D eigenvalue weighted by Gasteiger charge is -2.05. The molecule has 0 saturated carbocycles. The molecule has 0 atom stereocenters. The highest BCUT2D eigenvalue weighted by Gasteiger charge is 2.10. The molecule has 132 valence electrons. The Morgan fingerprint density at radius 1 is 1.12 bits per heavy atom. The van der Waals surface area contributed by atoms with E-state index in [1.807, 2.05) is 53.2 Å². The van der Waals surface area contributed by atoms with Crippen LogP contribution in [0.5, 0.6) is 5.75 Å². The quantitative estimate of drug-likeness (QED) is 0.473. The van der Waals surface area contributed by atoms with Gasteiger partial charge in [0, 0.05) is 18.1 Å². The number of tetrazole rings is 1. The Balaban J connectivity index is 1.45. The maximum absolute atomic E-state index is 6.01. The predicted octanol–water partition coefficient (Wildman–Crippen LogP) is 3.32. The van der Waals surface area contributed by atoms with Crippen molar-refractivity contribution in [1.29, 1.82) is 0 Å². The van der Waals surface area contributed by atoms with Crippen LogP contribution in [-0.4, -0.2) is 36.7 Å². The van der Waals surface area contributed by atoms with E-state index >= 15 is 0 Å². The van der Waals surface area contributed by atoms with Crippen LogP contribution in [0.25, 0.3) is 5.65 Å². The molecule has 0 amide bonds. The van der Waals surface area contributed by atoms with Crippen LogP contribution in [0.15, 0.2) is 53.9 Å². The van der Waals surface area contributed by atoms with Gasteiger partial charge in [0.05, 0.1) is 24.4 Å². The van der Waals surface area contributed by atoms with E-state index in [0.717, 1.165) is 27.8 Å². The zero-order chi connectivity index (χ0) is 17.9. The monoisotopic (exact) mass is 386 g/mol. The number of hydrogen-bond acceptors (Lipinski definition) is 6. The second kappa shape index (κ2) is 7.35. The van der Waals surface area contributed by atoms with Crippen molar-refractivity contribution in [2.45, 2.75) is 17.5 Å². The van der Waals surface area contributed by atoms with Gasteiger partial charge in [0.2, 0.25) is 5.16 Å². The molecule has 0 bridgehead atoms. The fourth-order valence-electron chi connectivity index (χ4n) is 2.53. The predicted molar refractivity (Wildman–Crippen MR) is 99.7 cm³/mol. The van der Waals surface area contributed by atoms with Crippen LogP contribution in [0.2, 0.25) is 5.02 Å². The Morgan fingerprint density at radius 2 is 1.96 bits per heavy atom. The number of benzene rings is 1. The van der Waals surface area contributed by atoms with Gasteiger partial charge >= 0.3 is 0 Å². The molecule has 0 radical (unpaired) electrons. The van der Waals surface area contributed by atoms with Crippen molar-refractivity contribution in [3.63, 3.8) is 0 Å². The highest BCUT2D eigenvalue weighted by Crippen LogP contribution is 2.22. The number of methoxy groups -OCH3 is 1. The number of halogens is 1. The summed E-state index contributed by atoms with van der Waals surface area (Å²) in [5.41, 5.74) is 2.90. The summed E-state index contributed by atoms with van der Waals surface area (Å²) in [7, 11) is 1.65. The molecule has 0 fully saturated rings. The first-order valence-electron chi connectivity index (χ1n) is 7.86. The molecule has 4 rings (SSSR count). The van der Waals surface area contributed by atoms with E-state index in [-0.39, 0.29) is 0 Å². The number of ether oxygens (including phenoxy) is 1. The Hall–Kier alpha value is -2.58. The van der Waals surface area contributed by atoms with E-state index in [2.05, 4.69) is 20.5 Å². The molecular weight excluding hydrogens is 372 g/mol. The summed E-state index contributed by atoms with van der Waals surface area (Å²) >= 11 is 7.56. The Labute approximate surface area is 159 Å². The zero-order valence-electron chi connectivity index (χ0n) is 13.9. The van der Waals surface area contributed by atoms with Gasteiger partial charge in [-0.3, -0.25) is 0 Å². The van der Waals surface area contributed by atoms with E-state index in [9.17, 15) is 0 Å². The summed E-state index contributed by atoms with van der Waals surface area (Å²) in [5, 5.41) is 13.4. The lowest BCUT2D eigenvalue weighted by atomic mass is 10.2. The topological polar surface area (TPSA) is 70.1 Å². The standard InChI is InChI=1S/C17H15ClN6OS/c1-25-15-5-2-12(3-6-15)8-24-17(20-21-22-24)26-11-14-10-23-9-13(18)4-7-16(23)19-14/h2-7,9-10H,8,11H2,1H3. The summed E-state index contributed by atoms with van der Waals surface area (Å²) in [4.78, 5) is 4.58. The summed E-state index contributed by atoms with van der Waals surface area (Å²) in [6.07, 6.45) is 3.80. The van der Waals surface area contributed by atoms with Crippen LogP contribution in [0.1, 0.15) is 11.3 Å². The first-order chi connectivity index (χ1) is 12.7. The average molecular weight is 387 g/mol. The molecule has 4 aromatic rings. The van der Waals surface area contributed by atoms with Crippen molar-refractivity contribution in [3.8, 4) is 5.75 Å². The molecule has 0 spiro atoms. The Bertz CT molecular complexity index is 1030. The van der Waals surface area contributed by atoms with Gasteiger partial charge in [0.25, 0.3) is 0 Å². The number of nitrogens with zero attached hydrogens (tertiary/aromatic N) is 6. The van der Waals surface area contributed by atoms with Crippen LogP contribution >= 0.6 is 23.4 Å². The number of fused-ring (bicyclic) bond motifs is 1. The van der Waals surface area contributed by atoms with Crippen molar-refractivity contribution in [2.75, 3.05) is 7.11 Å². The number of imidazole rings is 1. The number of aromatic nitrogens is 6. The zero-order valence-corrected chi connectivity index (χ0v) is 15.5. The maximum Gasteiger partial charge on any atom is 0.210 e. The number of hydrogen-bond donors (Lipinski definition) is 0. The van der Waals surface area contributed by atoms with Gasteiger partial charge in [-0.25, -0.2) is 9.67 Å². The molecule has 0 aliphatic rings. The lowest BCUT2D eigenvalue weighted by molar-refractivity contribution is 0.414. The van der Waals surface area contributed by atoms with E-state index in [1.54, 1.807) is 23.6 Å². The third-order valence-corrected chi connectivity index (χ3v) is 5.02. The van der Waals surface area contributed by atoms with Crippen molar-refractivity contribution in [1.82, 2.24) is 29.6 Å². The lowest BCUT2D eigenvalue weighted by Crippen LogP contribution is -2.04. The maximum atomic E-state index is 6.01. The second-order valence-corrected chi connectivity index (χ2v) is 6.98. The van der Waals surface area contributed by atoms with Crippen LogP contribution in [0, 0.1) is 0 Å². The number of pyridine rings is 1. The molecule has 3 heterocycles. The van der Waals surface area contributed by atoms with Gasteiger partial charge < -0.3 is 9.14 Å². The minimum absolute atomic E-state index is 0.597. The van der Waals surface area contributed by atoms with Gasteiger partial charge in [-0.2, -0.15) is 0 Å². The van der Waals surface area contributed by atoms with Gasteiger partial charge in [-0.1, -0.05) is 35.5 Å². The highest BCUT2D eigenvalue weighted by molar-refractivity contribution is 7.98. The third-order valence-electron chi connectivity index (χ3n) is 3.80. The summed E-state index contributed by atoms with van der Waals surface area (Å²) in [6, 6.07) is 11.6. The number of rotatable bonds is 6. The normalized spacial score (nSPS) is 11.2. The van der Waals surface area contributed by atoms with Crippen molar-refractivity contribution < 1.29 is 4.74 Å². The molecule has 0 aliphatic carbocycles. The molecular formula is C17H15ClN6OS. The van der Waals surface area contributed by atoms with Gasteiger partial charge in [0.15, 0.2) is 0 Å². The molecule has 3 aromatic heterocycles. The highest BCUT2D eigenvalue weighted by atomic mass is 35.5. The molecule has 26 heavy (non-hydrogen) atoms. The van der Waals surface area contributed by atoms with Gasteiger partial charge in [0.1, 0.15) is 11.4 Å². The van der Waals surface area contributed by atoms with Crippen LogP contribution in [0.3, 0.4) is 0 Å². The second-order valence-electron chi connectivity index (χ2n) is 5.60. The SMILES string of the molecule is COc1ccc(Cn2nnnc2SCc2cn3cc(Cl)ccc3n2)cc1. The molecule has 0 N–H and O–H groups in total. The first kappa shape index (κ1) is 16.9. The van der Waals surface area contributed by atoms with Gasteiger partial charge in [-0.15, -0.1) is 5.10 Å². The minimum Gasteiger partial charge on any atom is -0.497 e. The largest absolute Gasteiger partial charge is 0.497 e. The minimum atomic E-state index is 0.597.